The quantitative estimate of drug-likeness (QED) is 0.583. The summed E-state index contributed by atoms with van der Waals surface area (Å²) in [5.74, 6) is 0.594. The first-order chi connectivity index (χ1) is 9.15. The number of hydrogen-bond acceptors (Lipinski definition) is 6. The highest BCUT2D eigenvalue weighted by Crippen LogP contribution is 2.34. The predicted octanol–water partition coefficient (Wildman–Crippen LogP) is 0.420. The molecule has 0 bridgehead atoms. The van der Waals surface area contributed by atoms with Crippen molar-refractivity contribution in [3.05, 3.63) is 18.2 Å². The maximum absolute atomic E-state index is 9.80. The Hall–Kier alpha value is -2.28. The molecule has 19 heavy (non-hydrogen) atoms. The van der Waals surface area contributed by atoms with Crippen LogP contribution in [0.2, 0.25) is 0 Å². The number of rotatable bonds is 2. The van der Waals surface area contributed by atoms with Crippen LogP contribution in [0.5, 0.6) is 11.5 Å². The molecule has 1 aliphatic heterocycles. The number of phenolic OH excluding ortho intramolecular Hbond substituents is 2. The fourth-order valence-corrected chi connectivity index (χ4v) is 2.21. The summed E-state index contributed by atoms with van der Waals surface area (Å²) in [7, 11) is 0. The molecule has 0 radical (unpaired) electrons. The summed E-state index contributed by atoms with van der Waals surface area (Å²) in [5, 5.41) is 26.2. The summed E-state index contributed by atoms with van der Waals surface area (Å²) in [6, 6.07) is 4.86. The average molecular weight is 261 g/mol. The fourth-order valence-electron chi connectivity index (χ4n) is 2.21. The van der Waals surface area contributed by atoms with Gasteiger partial charge in [0.05, 0.1) is 5.56 Å². The van der Waals surface area contributed by atoms with Crippen molar-refractivity contribution >= 4 is 5.95 Å². The molecule has 2 aromatic rings. The van der Waals surface area contributed by atoms with E-state index >= 15 is 0 Å². The second kappa shape index (κ2) is 4.43. The van der Waals surface area contributed by atoms with E-state index in [1.807, 2.05) is 4.90 Å². The fraction of sp³-hybridized carbons (Fsp3) is 0.333. The SMILES string of the molecule is NC1CCN(c2n[nH]c(-c3cccc(O)c3O)n2)C1. The molecule has 1 saturated heterocycles. The van der Waals surface area contributed by atoms with Gasteiger partial charge in [0.2, 0.25) is 5.95 Å². The second-order valence-corrected chi connectivity index (χ2v) is 4.65. The van der Waals surface area contributed by atoms with Crippen LogP contribution in [0.4, 0.5) is 5.95 Å². The third-order valence-corrected chi connectivity index (χ3v) is 3.25. The smallest absolute Gasteiger partial charge is 0.245 e. The zero-order valence-corrected chi connectivity index (χ0v) is 10.2. The lowest BCUT2D eigenvalue weighted by Gasteiger charge is -2.11. The van der Waals surface area contributed by atoms with Crippen LogP contribution < -0.4 is 10.6 Å². The Balaban J connectivity index is 1.91. The number of aromatic amines is 1. The van der Waals surface area contributed by atoms with Crippen molar-refractivity contribution in [2.75, 3.05) is 18.0 Å². The normalized spacial score (nSPS) is 19.0. The van der Waals surface area contributed by atoms with Crippen LogP contribution in [-0.4, -0.2) is 44.5 Å². The van der Waals surface area contributed by atoms with Crippen molar-refractivity contribution in [2.24, 2.45) is 5.73 Å². The van der Waals surface area contributed by atoms with Gasteiger partial charge in [-0.15, -0.1) is 5.10 Å². The van der Waals surface area contributed by atoms with Crippen molar-refractivity contribution in [1.82, 2.24) is 15.2 Å². The summed E-state index contributed by atoms with van der Waals surface area (Å²) in [4.78, 5) is 6.32. The number of anilines is 1. The van der Waals surface area contributed by atoms with Gasteiger partial charge in [-0.3, -0.25) is 5.10 Å². The molecule has 7 heteroatoms. The molecule has 7 nitrogen and oxygen atoms in total. The Morgan fingerprint density at radius 1 is 1.37 bits per heavy atom. The van der Waals surface area contributed by atoms with E-state index in [0.717, 1.165) is 19.5 Å². The van der Waals surface area contributed by atoms with E-state index in [4.69, 9.17) is 5.73 Å². The van der Waals surface area contributed by atoms with Gasteiger partial charge < -0.3 is 20.8 Å². The second-order valence-electron chi connectivity index (χ2n) is 4.65. The van der Waals surface area contributed by atoms with Gasteiger partial charge in [-0.05, 0) is 18.6 Å². The van der Waals surface area contributed by atoms with E-state index in [1.54, 1.807) is 12.1 Å². The average Bonchev–Trinajstić information content (AvgIpc) is 3.01. The lowest BCUT2D eigenvalue weighted by atomic mass is 10.2. The number of para-hydroxylation sites is 1. The topological polar surface area (TPSA) is 111 Å². The molecule has 1 atom stereocenters. The van der Waals surface area contributed by atoms with Crippen molar-refractivity contribution in [1.29, 1.82) is 0 Å². The Morgan fingerprint density at radius 3 is 2.95 bits per heavy atom. The molecule has 0 spiro atoms. The molecule has 0 saturated carbocycles. The van der Waals surface area contributed by atoms with Crippen LogP contribution in [0, 0.1) is 0 Å². The molecule has 1 aromatic carbocycles. The number of nitrogens with two attached hydrogens (primary N) is 1. The minimum Gasteiger partial charge on any atom is -0.504 e. The molecule has 1 fully saturated rings. The van der Waals surface area contributed by atoms with Crippen LogP contribution >= 0.6 is 0 Å². The summed E-state index contributed by atoms with van der Waals surface area (Å²) in [6.45, 7) is 1.55. The van der Waals surface area contributed by atoms with Gasteiger partial charge in [-0.2, -0.15) is 4.98 Å². The molecule has 0 aliphatic carbocycles. The first-order valence-electron chi connectivity index (χ1n) is 6.09. The molecule has 1 aliphatic rings. The van der Waals surface area contributed by atoms with Crippen LogP contribution in [-0.2, 0) is 0 Å². The number of nitrogens with one attached hydrogen (secondary N) is 1. The molecule has 0 amide bonds. The van der Waals surface area contributed by atoms with Crippen LogP contribution in [0.25, 0.3) is 11.4 Å². The number of nitrogens with zero attached hydrogens (tertiary/aromatic N) is 3. The largest absolute Gasteiger partial charge is 0.504 e. The van der Waals surface area contributed by atoms with Crippen molar-refractivity contribution in [2.45, 2.75) is 12.5 Å². The summed E-state index contributed by atoms with van der Waals surface area (Å²) < 4.78 is 0. The van der Waals surface area contributed by atoms with Gasteiger partial charge in [0.15, 0.2) is 17.3 Å². The van der Waals surface area contributed by atoms with Gasteiger partial charge in [0.1, 0.15) is 0 Å². The summed E-state index contributed by atoms with van der Waals surface area (Å²) in [5.41, 5.74) is 6.26. The molecular weight excluding hydrogens is 246 g/mol. The van der Waals surface area contributed by atoms with E-state index in [0.29, 0.717) is 17.3 Å². The number of hydrogen-bond donors (Lipinski definition) is 4. The number of benzene rings is 1. The molecule has 100 valence electrons. The van der Waals surface area contributed by atoms with Crippen LogP contribution in [0.3, 0.4) is 0 Å². The molecule has 3 rings (SSSR count). The Morgan fingerprint density at radius 2 is 2.21 bits per heavy atom. The number of phenols is 2. The van der Waals surface area contributed by atoms with E-state index in [2.05, 4.69) is 15.2 Å². The third kappa shape index (κ3) is 2.08. The van der Waals surface area contributed by atoms with Gasteiger partial charge in [-0.25, -0.2) is 0 Å². The molecule has 1 aromatic heterocycles. The highest BCUT2D eigenvalue weighted by Gasteiger charge is 2.23. The third-order valence-electron chi connectivity index (χ3n) is 3.25. The van der Waals surface area contributed by atoms with Gasteiger partial charge in [0.25, 0.3) is 0 Å². The Kier molecular flexibility index (Phi) is 2.75. The molecule has 1 unspecified atom stereocenters. The Bertz CT molecular complexity index is 598. The minimum atomic E-state index is -0.205. The van der Waals surface area contributed by atoms with Gasteiger partial charge in [-0.1, -0.05) is 6.07 Å². The van der Waals surface area contributed by atoms with Crippen molar-refractivity contribution < 1.29 is 10.2 Å². The zero-order valence-electron chi connectivity index (χ0n) is 10.2. The number of aromatic nitrogens is 3. The van der Waals surface area contributed by atoms with Gasteiger partial charge in [0, 0.05) is 19.1 Å². The minimum absolute atomic E-state index is 0.149. The van der Waals surface area contributed by atoms with Crippen LogP contribution in [0.1, 0.15) is 6.42 Å². The number of H-pyrrole nitrogens is 1. The molecule has 2 heterocycles. The highest BCUT2D eigenvalue weighted by atomic mass is 16.3. The lowest BCUT2D eigenvalue weighted by molar-refractivity contribution is 0.405. The van der Waals surface area contributed by atoms with E-state index in [1.165, 1.54) is 6.07 Å². The highest BCUT2D eigenvalue weighted by molar-refractivity contribution is 5.68. The van der Waals surface area contributed by atoms with E-state index < -0.39 is 0 Å². The standard InChI is InChI=1S/C12H15N5O2/c13-7-4-5-17(6-7)12-14-11(15-16-12)8-2-1-3-9(18)10(8)19/h1-3,7,18-19H,4-6,13H2,(H,14,15,16). The van der Waals surface area contributed by atoms with Crippen LogP contribution in [0.15, 0.2) is 18.2 Å². The van der Waals surface area contributed by atoms with Crippen molar-refractivity contribution in [3.63, 3.8) is 0 Å². The van der Waals surface area contributed by atoms with Crippen molar-refractivity contribution in [3.8, 4) is 22.9 Å². The maximum atomic E-state index is 9.80. The molecular formula is C12H15N5O2. The predicted molar refractivity (Wildman–Crippen MR) is 70.0 cm³/mol. The summed E-state index contributed by atoms with van der Waals surface area (Å²) >= 11 is 0. The monoisotopic (exact) mass is 261 g/mol. The summed E-state index contributed by atoms with van der Waals surface area (Å²) in [6.07, 6.45) is 0.918. The van der Waals surface area contributed by atoms with Gasteiger partial charge >= 0.3 is 0 Å². The first-order valence-corrected chi connectivity index (χ1v) is 6.09. The van der Waals surface area contributed by atoms with E-state index in [9.17, 15) is 10.2 Å². The maximum Gasteiger partial charge on any atom is 0.245 e. The zero-order chi connectivity index (χ0) is 13.4. The Labute approximate surface area is 109 Å². The molecule has 5 N–H and O–H groups in total. The number of aromatic hydroxyl groups is 2. The first kappa shape index (κ1) is 11.8. The van der Waals surface area contributed by atoms with E-state index in [-0.39, 0.29) is 17.5 Å². The lowest BCUT2D eigenvalue weighted by Crippen LogP contribution is -2.26.